The Bertz CT molecular complexity index is 2790. The molecule has 252 valence electrons. The highest BCUT2D eigenvalue weighted by Gasteiger charge is 2.20. The van der Waals surface area contributed by atoms with Gasteiger partial charge in [0, 0.05) is 22.3 Å². The van der Waals surface area contributed by atoms with Crippen LogP contribution in [-0.4, -0.2) is 9.97 Å². The molecule has 0 unspecified atom stereocenters. The van der Waals surface area contributed by atoms with Gasteiger partial charge in [0.2, 0.25) is 0 Å². The molecule has 1 heterocycles. The number of aromatic nitrogens is 2. The second-order valence-corrected chi connectivity index (χ2v) is 13.3. The molecule has 8 aromatic carbocycles. The van der Waals surface area contributed by atoms with Crippen molar-refractivity contribution < 1.29 is 0 Å². The van der Waals surface area contributed by atoms with E-state index in [9.17, 15) is 5.26 Å². The van der Waals surface area contributed by atoms with Gasteiger partial charge >= 0.3 is 0 Å². The Labute approximate surface area is 315 Å². The summed E-state index contributed by atoms with van der Waals surface area (Å²) in [5.41, 5.74) is 14.3. The molecule has 0 bridgehead atoms. The maximum absolute atomic E-state index is 9.37. The summed E-state index contributed by atoms with van der Waals surface area (Å²) in [5.74, 6) is 0.693. The van der Waals surface area contributed by atoms with Gasteiger partial charge < -0.3 is 0 Å². The van der Waals surface area contributed by atoms with E-state index < -0.39 is 0 Å². The summed E-state index contributed by atoms with van der Waals surface area (Å²) in [5, 5.41) is 11.8. The van der Waals surface area contributed by atoms with E-state index in [1.165, 1.54) is 21.9 Å². The normalized spacial score (nSPS) is 10.9. The number of hydrogen-bond acceptors (Lipinski definition) is 3. The smallest absolute Gasteiger partial charge is 0.160 e. The van der Waals surface area contributed by atoms with Crippen molar-refractivity contribution in [2.75, 3.05) is 0 Å². The number of nitrogens with zero attached hydrogens (tertiary/aromatic N) is 3. The molecule has 54 heavy (non-hydrogen) atoms. The van der Waals surface area contributed by atoms with Crippen LogP contribution < -0.4 is 0 Å². The van der Waals surface area contributed by atoms with Crippen LogP contribution in [-0.2, 0) is 0 Å². The third-order valence-electron chi connectivity index (χ3n) is 9.97. The molecular weight excluding hydrogens is 655 g/mol. The van der Waals surface area contributed by atoms with Crippen LogP contribution in [0.3, 0.4) is 0 Å². The summed E-state index contributed by atoms with van der Waals surface area (Å²) in [6.07, 6.45) is 0. The van der Waals surface area contributed by atoms with Gasteiger partial charge in [0.05, 0.1) is 23.0 Å². The molecule has 9 aromatic rings. The maximum atomic E-state index is 9.37. The first-order valence-corrected chi connectivity index (χ1v) is 18.1. The van der Waals surface area contributed by atoms with E-state index >= 15 is 0 Å². The van der Waals surface area contributed by atoms with E-state index in [0.29, 0.717) is 11.4 Å². The zero-order chi connectivity index (χ0) is 36.3. The molecule has 0 saturated carbocycles. The standard InChI is InChI=1S/C51H33N3/c52-34-35-13-12-20-43(33-35)36-23-25-37(26-24-36)44-31-32-45(47-22-11-10-21-46(44)47)38-27-29-41(30-28-38)50-48(39-14-4-1-5-15-39)49(40-16-6-2-7-17-40)53-51(54-50)42-18-8-3-9-19-42/h1-33H. The second-order valence-electron chi connectivity index (χ2n) is 13.3. The Balaban J connectivity index is 1.14. The van der Waals surface area contributed by atoms with Crippen LogP contribution in [0.1, 0.15) is 5.56 Å². The summed E-state index contributed by atoms with van der Waals surface area (Å²) in [6, 6.07) is 71.6. The average Bonchev–Trinajstić information content (AvgIpc) is 3.26. The summed E-state index contributed by atoms with van der Waals surface area (Å²) in [6.45, 7) is 0. The minimum atomic E-state index is 0.661. The van der Waals surface area contributed by atoms with Gasteiger partial charge in [-0.3, -0.25) is 0 Å². The van der Waals surface area contributed by atoms with Crippen molar-refractivity contribution in [3.8, 4) is 84.5 Å². The van der Waals surface area contributed by atoms with Crippen molar-refractivity contribution in [1.29, 1.82) is 5.26 Å². The van der Waals surface area contributed by atoms with E-state index in [1.54, 1.807) is 0 Å². The molecule has 0 aliphatic heterocycles. The van der Waals surface area contributed by atoms with Crippen LogP contribution in [0.4, 0.5) is 0 Å². The van der Waals surface area contributed by atoms with Crippen molar-refractivity contribution in [3.05, 3.63) is 206 Å². The van der Waals surface area contributed by atoms with Crippen LogP contribution in [0, 0.1) is 11.3 Å². The van der Waals surface area contributed by atoms with Crippen molar-refractivity contribution >= 4 is 10.8 Å². The summed E-state index contributed by atoms with van der Waals surface area (Å²) in [7, 11) is 0. The molecule has 0 saturated heterocycles. The Morgan fingerprint density at radius 1 is 0.333 bits per heavy atom. The van der Waals surface area contributed by atoms with Crippen LogP contribution in [0.15, 0.2) is 200 Å². The number of fused-ring (bicyclic) bond motifs is 1. The Kier molecular flexibility index (Phi) is 8.61. The quantitative estimate of drug-likeness (QED) is 0.168. The molecule has 0 amide bonds. The molecule has 3 heteroatoms. The SMILES string of the molecule is N#Cc1cccc(-c2ccc(-c3ccc(-c4ccc(-c5nc(-c6ccccc6)nc(-c6ccccc6)c5-c5ccccc5)cc4)c4ccccc34)cc2)c1. The Morgan fingerprint density at radius 2 is 0.759 bits per heavy atom. The van der Waals surface area contributed by atoms with E-state index in [4.69, 9.17) is 9.97 Å². The van der Waals surface area contributed by atoms with Gasteiger partial charge in [-0.25, -0.2) is 9.97 Å². The van der Waals surface area contributed by atoms with Crippen LogP contribution in [0.5, 0.6) is 0 Å². The summed E-state index contributed by atoms with van der Waals surface area (Å²) in [4.78, 5) is 10.5. The van der Waals surface area contributed by atoms with Gasteiger partial charge in [-0.2, -0.15) is 5.26 Å². The first-order chi connectivity index (χ1) is 26.7. The zero-order valence-electron chi connectivity index (χ0n) is 29.4. The molecule has 0 spiro atoms. The number of benzene rings is 8. The van der Waals surface area contributed by atoms with E-state index in [0.717, 1.165) is 61.5 Å². The van der Waals surface area contributed by atoms with Crippen LogP contribution in [0.25, 0.3) is 89.2 Å². The van der Waals surface area contributed by atoms with Gasteiger partial charge in [-0.15, -0.1) is 0 Å². The number of rotatable bonds is 7. The van der Waals surface area contributed by atoms with Gasteiger partial charge in [0.15, 0.2) is 5.82 Å². The molecule has 9 rings (SSSR count). The van der Waals surface area contributed by atoms with Gasteiger partial charge in [-0.05, 0) is 61.8 Å². The van der Waals surface area contributed by atoms with E-state index in [1.807, 2.05) is 54.6 Å². The maximum Gasteiger partial charge on any atom is 0.160 e. The van der Waals surface area contributed by atoms with Crippen LogP contribution in [0.2, 0.25) is 0 Å². The fourth-order valence-corrected chi connectivity index (χ4v) is 7.29. The minimum absolute atomic E-state index is 0.661. The average molecular weight is 688 g/mol. The fraction of sp³-hybridized carbons (Fsp3) is 0. The monoisotopic (exact) mass is 687 g/mol. The lowest BCUT2D eigenvalue weighted by atomic mass is 9.90. The Morgan fingerprint density at radius 3 is 1.30 bits per heavy atom. The first-order valence-electron chi connectivity index (χ1n) is 18.1. The predicted octanol–water partition coefficient (Wildman–Crippen LogP) is 13.2. The lowest BCUT2D eigenvalue weighted by Crippen LogP contribution is -2.00. The van der Waals surface area contributed by atoms with Crippen LogP contribution >= 0.6 is 0 Å². The highest BCUT2D eigenvalue weighted by Crippen LogP contribution is 2.41. The minimum Gasteiger partial charge on any atom is -0.227 e. The molecule has 0 aliphatic rings. The molecule has 0 radical (unpaired) electrons. The predicted molar refractivity (Wildman–Crippen MR) is 222 cm³/mol. The fourth-order valence-electron chi connectivity index (χ4n) is 7.29. The molecule has 0 fully saturated rings. The van der Waals surface area contributed by atoms with Gasteiger partial charge in [0.1, 0.15) is 0 Å². The Hall–Kier alpha value is -7.41. The summed E-state index contributed by atoms with van der Waals surface area (Å²) >= 11 is 0. The molecule has 1 aromatic heterocycles. The first kappa shape index (κ1) is 32.5. The molecule has 3 nitrogen and oxygen atoms in total. The van der Waals surface area contributed by atoms with Gasteiger partial charge in [0.25, 0.3) is 0 Å². The van der Waals surface area contributed by atoms with Crippen molar-refractivity contribution in [2.24, 2.45) is 0 Å². The van der Waals surface area contributed by atoms with Crippen molar-refractivity contribution in [2.45, 2.75) is 0 Å². The zero-order valence-corrected chi connectivity index (χ0v) is 29.4. The molecule has 0 atom stereocenters. The number of hydrogen-bond donors (Lipinski definition) is 0. The highest BCUT2D eigenvalue weighted by molar-refractivity contribution is 6.05. The second kappa shape index (κ2) is 14.3. The topological polar surface area (TPSA) is 49.6 Å². The molecular formula is C51H33N3. The van der Waals surface area contributed by atoms with Gasteiger partial charge in [-0.1, -0.05) is 188 Å². The van der Waals surface area contributed by atoms with E-state index in [-0.39, 0.29) is 0 Å². The third kappa shape index (κ3) is 6.23. The largest absolute Gasteiger partial charge is 0.227 e. The third-order valence-corrected chi connectivity index (χ3v) is 9.97. The van der Waals surface area contributed by atoms with Crippen molar-refractivity contribution in [1.82, 2.24) is 9.97 Å². The number of nitriles is 1. The van der Waals surface area contributed by atoms with E-state index in [2.05, 4.69) is 152 Å². The summed E-state index contributed by atoms with van der Waals surface area (Å²) < 4.78 is 0. The lowest BCUT2D eigenvalue weighted by molar-refractivity contribution is 1.18. The highest BCUT2D eigenvalue weighted by atomic mass is 14.9. The molecule has 0 N–H and O–H groups in total. The van der Waals surface area contributed by atoms with Crippen molar-refractivity contribution in [3.63, 3.8) is 0 Å². The lowest BCUT2D eigenvalue weighted by Gasteiger charge is -2.17. The molecule has 0 aliphatic carbocycles.